The van der Waals surface area contributed by atoms with Gasteiger partial charge in [0.25, 0.3) is 0 Å². The van der Waals surface area contributed by atoms with Gasteiger partial charge in [0.1, 0.15) is 6.61 Å². The lowest BCUT2D eigenvalue weighted by molar-refractivity contribution is 0.174. The van der Waals surface area contributed by atoms with Crippen molar-refractivity contribution in [2.75, 3.05) is 0 Å². The molecule has 1 radical (unpaired) electrons. The van der Waals surface area contributed by atoms with Gasteiger partial charge in [0.2, 0.25) is 0 Å². The van der Waals surface area contributed by atoms with Crippen molar-refractivity contribution in [3.63, 3.8) is 0 Å². The first-order valence-electron chi connectivity index (χ1n) is 2.51. The van der Waals surface area contributed by atoms with Crippen LogP contribution in [0.2, 0.25) is 5.02 Å². The quantitative estimate of drug-likeness (QED) is 0.587. The third-order valence-electron chi connectivity index (χ3n) is 0.926. The number of rotatable bonds is 1. The minimum Gasteiger partial charge on any atom is -0.259 e. The highest BCUT2D eigenvalue weighted by atomic mass is 35.5. The summed E-state index contributed by atoms with van der Waals surface area (Å²) in [6.07, 6.45) is 1.52. The standard InChI is InChI=1S/C6H5ClNO/c7-5-1-2-8-6(3-5)4-9/h1-3H,4H2. The Morgan fingerprint density at radius 3 is 2.89 bits per heavy atom. The minimum absolute atomic E-state index is 0.305. The molecule has 47 valence electrons. The third-order valence-corrected chi connectivity index (χ3v) is 1.16. The lowest BCUT2D eigenvalue weighted by Gasteiger charge is -1.91. The first-order chi connectivity index (χ1) is 4.33. The molecule has 0 aliphatic rings. The van der Waals surface area contributed by atoms with E-state index in [1.807, 2.05) is 0 Å². The molecular weight excluding hydrogens is 138 g/mol. The molecule has 1 aromatic rings. The molecule has 0 saturated carbocycles. The molecule has 0 spiro atoms. The van der Waals surface area contributed by atoms with Gasteiger partial charge < -0.3 is 0 Å². The average molecular weight is 143 g/mol. The zero-order valence-electron chi connectivity index (χ0n) is 4.67. The van der Waals surface area contributed by atoms with Crippen LogP contribution in [0.5, 0.6) is 0 Å². The lowest BCUT2D eigenvalue weighted by atomic mass is 10.4. The summed E-state index contributed by atoms with van der Waals surface area (Å²) in [4.78, 5) is 3.76. The molecule has 9 heavy (non-hydrogen) atoms. The van der Waals surface area contributed by atoms with E-state index < -0.39 is 0 Å². The second-order valence-corrected chi connectivity index (χ2v) is 2.05. The molecule has 0 fully saturated rings. The molecule has 0 unspecified atom stereocenters. The van der Waals surface area contributed by atoms with Crippen molar-refractivity contribution in [2.24, 2.45) is 0 Å². The van der Waals surface area contributed by atoms with Gasteiger partial charge in [0, 0.05) is 11.2 Å². The highest BCUT2D eigenvalue weighted by Crippen LogP contribution is 2.07. The van der Waals surface area contributed by atoms with E-state index in [0.29, 0.717) is 10.7 Å². The maximum atomic E-state index is 10.2. The molecule has 1 heterocycles. The van der Waals surface area contributed by atoms with E-state index in [2.05, 4.69) is 4.98 Å². The van der Waals surface area contributed by atoms with Crippen LogP contribution in [-0.2, 0) is 11.7 Å². The van der Waals surface area contributed by atoms with Gasteiger partial charge in [-0.2, -0.15) is 0 Å². The summed E-state index contributed by atoms with van der Waals surface area (Å²) in [6, 6.07) is 3.20. The third kappa shape index (κ3) is 1.66. The highest BCUT2D eigenvalue weighted by Gasteiger charge is 1.91. The smallest absolute Gasteiger partial charge is 0.124 e. The fourth-order valence-electron chi connectivity index (χ4n) is 0.528. The SMILES string of the molecule is [O]Cc1cc(Cl)ccn1. The van der Waals surface area contributed by atoms with Crippen LogP contribution in [0, 0.1) is 0 Å². The molecule has 3 heteroatoms. The maximum Gasteiger partial charge on any atom is 0.124 e. The average Bonchev–Trinajstić information content (AvgIpc) is 1.88. The molecule has 0 atom stereocenters. The molecule has 1 rings (SSSR count). The van der Waals surface area contributed by atoms with Crippen LogP contribution < -0.4 is 0 Å². The van der Waals surface area contributed by atoms with Crippen molar-refractivity contribution < 1.29 is 5.11 Å². The Morgan fingerprint density at radius 2 is 2.44 bits per heavy atom. The Bertz CT molecular complexity index is 202. The maximum absolute atomic E-state index is 10.2. The number of halogens is 1. The minimum atomic E-state index is -0.305. The van der Waals surface area contributed by atoms with E-state index in [0.717, 1.165) is 0 Å². The molecule has 0 amide bonds. The lowest BCUT2D eigenvalue weighted by Crippen LogP contribution is -1.84. The predicted molar refractivity (Wildman–Crippen MR) is 33.6 cm³/mol. The Morgan fingerprint density at radius 1 is 1.67 bits per heavy atom. The van der Waals surface area contributed by atoms with Crippen molar-refractivity contribution >= 4 is 11.6 Å². The largest absolute Gasteiger partial charge is 0.259 e. The van der Waals surface area contributed by atoms with Crippen molar-refractivity contribution in [3.8, 4) is 0 Å². The summed E-state index contributed by atoms with van der Waals surface area (Å²) in [5.74, 6) is 0. The van der Waals surface area contributed by atoms with Crippen LogP contribution in [0.25, 0.3) is 0 Å². The molecule has 0 aliphatic heterocycles. The zero-order valence-corrected chi connectivity index (χ0v) is 5.43. The fraction of sp³-hybridized carbons (Fsp3) is 0.167. The van der Waals surface area contributed by atoms with Gasteiger partial charge in [-0.1, -0.05) is 11.6 Å². The molecule has 0 aromatic carbocycles. The van der Waals surface area contributed by atoms with Gasteiger partial charge in [-0.15, -0.1) is 0 Å². The van der Waals surface area contributed by atoms with Crippen molar-refractivity contribution in [1.29, 1.82) is 0 Å². The molecule has 1 aromatic heterocycles. The predicted octanol–water partition coefficient (Wildman–Crippen LogP) is 1.67. The zero-order chi connectivity index (χ0) is 6.69. The van der Waals surface area contributed by atoms with Crippen molar-refractivity contribution in [1.82, 2.24) is 4.98 Å². The van der Waals surface area contributed by atoms with Crippen LogP contribution >= 0.6 is 11.6 Å². The fourth-order valence-corrected chi connectivity index (χ4v) is 0.710. The molecule has 2 nitrogen and oxygen atoms in total. The first kappa shape index (κ1) is 6.52. The summed E-state index contributed by atoms with van der Waals surface area (Å²) in [7, 11) is 0. The monoisotopic (exact) mass is 142 g/mol. The van der Waals surface area contributed by atoms with Gasteiger partial charge >= 0.3 is 0 Å². The molecular formula is C6H5ClNO. The molecule has 0 N–H and O–H groups in total. The summed E-state index contributed by atoms with van der Waals surface area (Å²) in [5.41, 5.74) is 0.488. The highest BCUT2D eigenvalue weighted by molar-refractivity contribution is 6.30. The second kappa shape index (κ2) is 2.80. The number of aromatic nitrogens is 1. The Labute approximate surface area is 58.1 Å². The topological polar surface area (TPSA) is 32.8 Å². The van der Waals surface area contributed by atoms with E-state index in [4.69, 9.17) is 11.6 Å². The van der Waals surface area contributed by atoms with Gasteiger partial charge in [-0.25, -0.2) is 5.11 Å². The Kier molecular flexibility index (Phi) is 2.03. The molecule has 0 saturated heterocycles. The van der Waals surface area contributed by atoms with Crippen LogP contribution in [0.15, 0.2) is 18.3 Å². The van der Waals surface area contributed by atoms with Crippen LogP contribution in [0.3, 0.4) is 0 Å². The van der Waals surface area contributed by atoms with Gasteiger partial charge in [0.05, 0.1) is 5.69 Å². The van der Waals surface area contributed by atoms with Crippen LogP contribution in [0.4, 0.5) is 0 Å². The summed E-state index contributed by atoms with van der Waals surface area (Å²) in [5, 5.41) is 10.7. The summed E-state index contributed by atoms with van der Waals surface area (Å²) >= 11 is 5.54. The number of hydrogen-bond acceptors (Lipinski definition) is 1. The van der Waals surface area contributed by atoms with Crippen LogP contribution in [0.1, 0.15) is 5.69 Å². The van der Waals surface area contributed by atoms with Crippen molar-refractivity contribution in [3.05, 3.63) is 29.0 Å². The van der Waals surface area contributed by atoms with Crippen LogP contribution in [-0.4, -0.2) is 4.98 Å². The van der Waals surface area contributed by atoms with E-state index in [9.17, 15) is 5.11 Å². The van der Waals surface area contributed by atoms with Gasteiger partial charge in [0.15, 0.2) is 0 Å². The molecule has 0 bridgehead atoms. The van der Waals surface area contributed by atoms with E-state index in [1.54, 1.807) is 12.1 Å². The summed E-state index contributed by atoms with van der Waals surface area (Å²) in [6.45, 7) is -0.305. The first-order valence-corrected chi connectivity index (χ1v) is 2.89. The second-order valence-electron chi connectivity index (χ2n) is 1.61. The Balaban J connectivity index is 2.94. The van der Waals surface area contributed by atoms with E-state index in [-0.39, 0.29) is 6.61 Å². The van der Waals surface area contributed by atoms with E-state index in [1.165, 1.54) is 6.20 Å². The van der Waals surface area contributed by atoms with E-state index >= 15 is 0 Å². The number of nitrogens with zero attached hydrogens (tertiary/aromatic N) is 1. The summed E-state index contributed by atoms with van der Waals surface area (Å²) < 4.78 is 0. The van der Waals surface area contributed by atoms with Crippen molar-refractivity contribution in [2.45, 2.75) is 6.61 Å². The van der Waals surface area contributed by atoms with Gasteiger partial charge in [-0.3, -0.25) is 4.98 Å². The number of pyridine rings is 1. The normalized spacial score (nSPS) is 9.56. The number of hydrogen-bond donors (Lipinski definition) is 0. The molecule has 0 aliphatic carbocycles. The van der Waals surface area contributed by atoms with Gasteiger partial charge in [-0.05, 0) is 12.1 Å². The Hall–Kier alpha value is -0.600.